The number of carboxylic acid groups (broad SMARTS) is 1. The Bertz CT molecular complexity index is 533. The van der Waals surface area contributed by atoms with Crippen LogP contribution in [0.1, 0.15) is 36.5 Å². The minimum Gasteiger partial charge on any atom is -0.550 e. The van der Waals surface area contributed by atoms with E-state index in [9.17, 15) is 19.5 Å². The van der Waals surface area contributed by atoms with Crippen LogP contribution in [0.15, 0.2) is 28.7 Å². The Morgan fingerprint density at radius 3 is 2.48 bits per heavy atom. The van der Waals surface area contributed by atoms with Crippen LogP contribution in [0.3, 0.4) is 0 Å². The Kier molecular flexibility index (Phi) is 6.87. The molecule has 1 rings (SSSR count). The second kappa shape index (κ2) is 8.41. The molecule has 1 aromatic carbocycles. The molecule has 0 heterocycles. The van der Waals surface area contributed by atoms with E-state index in [1.807, 2.05) is 0 Å². The average molecular weight is 356 g/mol. The van der Waals surface area contributed by atoms with E-state index >= 15 is 0 Å². The fourth-order valence-corrected chi connectivity index (χ4v) is 2.16. The number of hydrogen-bond donors (Lipinski definition) is 2. The van der Waals surface area contributed by atoms with Gasteiger partial charge < -0.3 is 9.90 Å². The molecule has 0 unspecified atom stereocenters. The fourth-order valence-electron chi connectivity index (χ4n) is 1.70. The van der Waals surface area contributed by atoms with E-state index in [0.29, 0.717) is 16.5 Å². The summed E-state index contributed by atoms with van der Waals surface area (Å²) in [5.74, 6) is -2.73. The molecular weight excluding hydrogens is 340 g/mol. The number of amides is 2. The van der Waals surface area contributed by atoms with Gasteiger partial charge in [-0.1, -0.05) is 19.1 Å². The molecule has 7 heteroatoms. The summed E-state index contributed by atoms with van der Waals surface area (Å²) >= 11 is 3.23. The predicted molar refractivity (Wildman–Crippen MR) is 77.8 cm³/mol. The van der Waals surface area contributed by atoms with Gasteiger partial charge in [0.1, 0.15) is 0 Å². The van der Waals surface area contributed by atoms with Gasteiger partial charge in [0.05, 0.1) is 5.56 Å². The van der Waals surface area contributed by atoms with Gasteiger partial charge in [-0.05, 0) is 46.8 Å². The lowest BCUT2D eigenvalue weighted by Crippen LogP contribution is -2.42. The fraction of sp³-hybridized carbons (Fsp3) is 0.357. The van der Waals surface area contributed by atoms with Crippen molar-refractivity contribution in [3.63, 3.8) is 0 Å². The largest absolute Gasteiger partial charge is 0.550 e. The zero-order valence-corrected chi connectivity index (χ0v) is 13.1. The van der Waals surface area contributed by atoms with E-state index in [1.165, 1.54) is 0 Å². The first kappa shape index (κ1) is 17.2. The lowest BCUT2D eigenvalue weighted by atomic mass is 10.0. The summed E-state index contributed by atoms with van der Waals surface area (Å²) in [4.78, 5) is 34.1. The van der Waals surface area contributed by atoms with Crippen LogP contribution in [0.2, 0.25) is 0 Å². The number of carbonyl (C=O) groups excluding carboxylic acids is 3. The number of aliphatic carboxylic acids is 1. The SMILES string of the molecule is CC[C@@H](CCC(=O)NNC(=O)c1ccccc1Br)C(=O)[O-]. The summed E-state index contributed by atoms with van der Waals surface area (Å²) < 4.78 is 0.611. The lowest BCUT2D eigenvalue weighted by molar-refractivity contribution is -0.311. The Morgan fingerprint density at radius 1 is 1.24 bits per heavy atom. The first-order valence-electron chi connectivity index (χ1n) is 6.50. The minimum atomic E-state index is -1.16. The smallest absolute Gasteiger partial charge is 0.270 e. The molecule has 0 fully saturated rings. The third kappa shape index (κ3) is 5.55. The second-order valence-corrected chi connectivity index (χ2v) is 5.30. The van der Waals surface area contributed by atoms with E-state index < -0.39 is 23.7 Å². The van der Waals surface area contributed by atoms with Crippen LogP contribution in [0.25, 0.3) is 0 Å². The Hall–Kier alpha value is -1.89. The zero-order valence-electron chi connectivity index (χ0n) is 11.5. The lowest BCUT2D eigenvalue weighted by Gasteiger charge is -2.15. The van der Waals surface area contributed by atoms with Gasteiger partial charge in [-0.15, -0.1) is 0 Å². The molecule has 21 heavy (non-hydrogen) atoms. The quantitative estimate of drug-likeness (QED) is 0.736. The highest BCUT2D eigenvalue weighted by Gasteiger charge is 2.12. The maximum Gasteiger partial charge on any atom is 0.270 e. The third-order valence-electron chi connectivity index (χ3n) is 2.98. The van der Waals surface area contributed by atoms with Gasteiger partial charge in [-0.3, -0.25) is 20.4 Å². The number of hydrogen-bond acceptors (Lipinski definition) is 4. The molecule has 2 amide bonds. The van der Waals surface area contributed by atoms with Gasteiger partial charge in [-0.25, -0.2) is 0 Å². The van der Waals surface area contributed by atoms with Crippen molar-refractivity contribution < 1.29 is 19.5 Å². The van der Waals surface area contributed by atoms with Gasteiger partial charge in [0.15, 0.2) is 0 Å². The summed E-state index contributed by atoms with van der Waals surface area (Å²) in [5.41, 5.74) is 4.92. The zero-order chi connectivity index (χ0) is 15.8. The summed E-state index contributed by atoms with van der Waals surface area (Å²) in [6.07, 6.45) is 0.581. The molecular formula is C14H16BrN2O4-. The van der Waals surface area contributed by atoms with Crippen molar-refractivity contribution in [3.8, 4) is 0 Å². The molecule has 114 valence electrons. The van der Waals surface area contributed by atoms with Gasteiger partial charge in [-0.2, -0.15) is 0 Å². The van der Waals surface area contributed by atoms with E-state index in [0.717, 1.165) is 0 Å². The number of nitrogens with one attached hydrogen (secondary N) is 2. The van der Waals surface area contributed by atoms with Gasteiger partial charge in [0, 0.05) is 16.9 Å². The monoisotopic (exact) mass is 355 g/mol. The normalized spacial score (nSPS) is 11.5. The Balaban J connectivity index is 2.41. The molecule has 0 aliphatic rings. The highest BCUT2D eigenvalue weighted by molar-refractivity contribution is 9.10. The summed E-state index contributed by atoms with van der Waals surface area (Å²) in [6, 6.07) is 6.79. The number of benzene rings is 1. The molecule has 0 aliphatic carbocycles. The minimum absolute atomic E-state index is 0.00270. The number of carbonyl (C=O) groups is 3. The maximum absolute atomic E-state index is 11.8. The van der Waals surface area contributed by atoms with Crippen LogP contribution in [-0.4, -0.2) is 17.8 Å². The van der Waals surface area contributed by atoms with Crippen molar-refractivity contribution in [1.82, 2.24) is 10.9 Å². The van der Waals surface area contributed by atoms with Gasteiger partial charge in [0.25, 0.3) is 5.91 Å². The summed E-state index contributed by atoms with van der Waals surface area (Å²) in [7, 11) is 0. The first-order valence-corrected chi connectivity index (χ1v) is 7.29. The van der Waals surface area contributed by atoms with Crippen molar-refractivity contribution in [3.05, 3.63) is 34.3 Å². The second-order valence-electron chi connectivity index (χ2n) is 4.45. The number of rotatable bonds is 6. The van der Waals surface area contributed by atoms with Crippen molar-refractivity contribution in [2.24, 2.45) is 5.92 Å². The molecule has 0 saturated carbocycles. The molecule has 1 aromatic rings. The van der Waals surface area contributed by atoms with Crippen molar-refractivity contribution in [2.75, 3.05) is 0 Å². The molecule has 0 aliphatic heterocycles. The molecule has 0 spiro atoms. The molecule has 0 radical (unpaired) electrons. The molecule has 0 saturated heterocycles. The standard InChI is InChI=1S/C14H17BrN2O4/c1-2-9(14(20)21)7-8-12(18)16-17-13(19)10-5-3-4-6-11(10)15/h3-6,9H,2,7-8H2,1H3,(H,16,18)(H,17,19)(H,20,21)/p-1/t9-/m0/s1. The highest BCUT2D eigenvalue weighted by atomic mass is 79.9. The topological polar surface area (TPSA) is 98.3 Å². The van der Waals surface area contributed by atoms with Crippen LogP contribution >= 0.6 is 15.9 Å². The van der Waals surface area contributed by atoms with Crippen molar-refractivity contribution >= 4 is 33.7 Å². The maximum atomic E-state index is 11.8. The summed E-state index contributed by atoms with van der Waals surface area (Å²) in [5, 5.41) is 10.7. The van der Waals surface area contributed by atoms with Gasteiger partial charge in [0.2, 0.25) is 5.91 Å². The first-order chi connectivity index (χ1) is 9.95. The van der Waals surface area contributed by atoms with Gasteiger partial charge >= 0.3 is 0 Å². The van der Waals surface area contributed by atoms with Crippen molar-refractivity contribution in [1.29, 1.82) is 0 Å². The van der Waals surface area contributed by atoms with E-state index in [4.69, 9.17) is 0 Å². The average Bonchev–Trinajstić information content (AvgIpc) is 2.45. The Morgan fingerprint density at radius 2 is 1.90 bits per heavy atom. The number of hydrazine groups is 1. The van der Waals surface area contributed by atoms with E-state index in [1.54, 1.807) is 31.2 Å². The van der Waals surface area contributed by atoms with Crippen LogP contribution in [0.4, 0.5) is 0 Å². The number of carboxylic acids is 1. The molecule has 1 atom stereocenters. The molecule has 0 aromatic heterocycles. The predicted octanol–water partition coefficient (Wildman–Crippen LogP) is 0.766. The Labute approximate surface area is 131 Å². The van der Waals surface area contributed by atoms with E-state index in [-0.39, 0.29) is 12.8 Å². The molecule has 2 N–H and O–H groups in total. The highest BCUT2D eigenvalue weighted by Crippen LogP contribution is 2.15. The van der Waals surface area contributed by atoms with E-state index in [2.05, 4.69) is 26.8 Å². The van der Waals surface area contributed by atoms with Crippen molar-refractivity contribution in [2.45, 2.75) is 26.2 Å². The third-order valence-corrected chi connectivity index (χ3v) is 3.67. The van der Waals surface area contributed by atoms with Crippen LogP contribution in [-0.2, 0) is 9.59 Å². The number of halogens is 1. The molecule has 0 bridgehead atoms. The van der Waals surface area contributed by atoms with Crippen LogP contribution in [0.5, 0.6) is 0 Å². The van der Waals surface area contributed by atoms with Crippen LogP contribution < -0.4 is 16.0 Å². The van der Waals surface area contributed by atoms with Crippen LogP contribution in [0, 0.1) is 5.92 Å². The summed E-state index contributed by atoms with van der Waals surface area (Å²) in [6.45, 7) is 1.72. The molecule has 6 nitrogen and oxygen atoms in total.